The first-order valence-corrected chi connectivity index (χ1v) is 5.61. The Morgan fingerprint density at radius 1 is 1.25 bits per heavy atom. The maximum absolute atomic E-state index is 11.8. The van der Waals surface area contributed by atoms with Crippen molar-refractivity contribution in [1.29, 1.82) is 0 Å². The number of carbonyl (C=O) groups excluding carboxylic acids is 2. The van der Waals surface area contributed by atoms with Crippen LogP contribution < -0.4 is 0 Å². The topological polar surface area (TPSA) is 57.6 Å². The lowest BCUT2D eigenvalue weighted by molar-refractivity contribution is -0.154. The second-order valence-corrected chi connectivity index (χ2v) is 6.21. The molecule has 1 fully saturated rings. The van der Waals surface area contributed by atoms with Crippen molar-refractivity contribution in [1.82, 2.24) is 4.90 Å². The third-order valence-corrected chi connectivity index (χ3v) is 2.88. The molecule has 4 heteroatoms. The lowest BCUT2D eigenvalue weighted by Gasteiger charge is -2.38. The highest BCUT2D eigenvalue weighted by atomic mass is 16.3. The monoisotopic (exact) mass is 227 g/mol. The van der Waals surface area contributed by atoms with Crippen molar-refractivity contribution in [3.8, 4) is 0 Å². The molecule has 92 valence electrons. The first-order chi connectivity index (χ1) is 7.17. The van der Waals surface area contributed by atoms with Gasteiger partial charge in [-0.25, -0.2) is 0 Å². The van der Waals surface area contributed by atoms with Gasteiger partial charge in [0, 0.05) is 31.4 Å². The lowest BCUT2D eigenvalue weighted by Crippen LogP contribution is -2.50. The van der Waals surface area contributed by atoms with Gasteiger partial charge < -0.3 is 5.11 Å². The highest BCUT2D eigenvalue weighted by Gasteiger charge is 2.39. The van der Waals surface area contributed by atoms with E-state index in [0.717, 1.165) is 0 Å². The average Bonchev–Trinajstić information content (AvgIpc) is 2.10. The summed E-state index contributed by atoms with van der Waals surface area (Å²) in [6, 6.07) is 0. The van der Waals surface area contributed by atoms with Crippen LogP contribution in [0.2, 0.25) is 0 Å². The van der Waals surface area contributed by atoms with Crippen LogP contribution in [0.4, 0.5) is 0 Å². The van der Waals surface area contributed by atoms with Crippen molar-refractivity contribution in [2.75, 3.05) is 13.2 Å². The number of nitrogens with zero attached hydrogens (tertiary/aromatic N) is 1. The van der Waals surface area contributed by atoms with E-state index in [1.54, 1.807) is 0 Å². The molecule has 0 aromatic carbocycles. The zero-order valence-corrected chi connectivity index (χ0v) is 10.5. The van der Waals surface area contributed by atoms with Crippen LogP contribution in [0.15, 0.2) is 0 Å². The third-order valence-electron chi connectivity index (χ3n) is 2.88. The summed E-state index contributed by atoms with van der Waals surface area (Å²) in [6.45, 7) is 7.81. The fourth-order valence-electron chi connectivity index (χ4n) is 1.87. The first kappa shape index (κ1) is 13.2. The average molecular weight is 227 g/mol. The Bertz CT molecular complexity index is 287. The van der Waals surface area contributed by atoms with E-state index < -0.39 is 5.41 Å². The first-order valence-electron chi connectivity index (χ1n) is 5.61. The number of likely N-dealkylation sites (tertiary alicyclic amines) is 1. The van der Waals surface area contributed by atoms with E-state index >= 15 is 0 Å². The van der Waals surface area contributed by atoms with Crippen molar-refractivity contribution >= 4 is 11.8 Å². The summed E-state index contributed by atoms with van der Waals surface area (Å²) in [5, 5.41) is 9.15. The standard InChI is InChI=1S/C12H21NO3/c1-11(2)5-9(15)13(10(16)6-11)7-12(3,4)8-14/h14H,5-8H2,1-4H3. The number of imide groups is 1. The van der Waals surface area contributed by atoms with Crippen molar-refractivity contribution in [2.24, 2.45) is 10.8 Å². The third kappa shape index (κ3) is 3.04. The van der Waals surface area contributed by atoms with Gasteiger partial charge in [0.15, 0.2) is 0 Å². The number of rotatable bonds is 3. The van der Waals surface area contributed by atoms with Crippen LogP contribution in [0.3, 0.4) is 0 Å². The van der Waals surface area contributed by atoms with Crippen molar-refractivity contribution < 1.29 is 14.7 Å². The molecule has 0 aromatic rings. The molecule has 0 radical (unpaired) electrons. The van der Waals surface area contributed by atoms with Crippen molar-refractivity contribution in [2.45, 2.75) is 40.5 Å². The van der Waals surface area contributed by atoms with Gasteiger partial charge >= 0.3 is 0 Å². The van der Waals surface area contributed by atoms with Gasteiger partial charge in [0.1, 0.15) is 0 Å². The number of amides is 2. The summed E-state index contributed by atoms with van der Waals surface area (Å²) < 4.78 is 0. The van der Waals surface area contributed by atoms with E-state index in [4.69, 9.17) is 5.11 Å². The lowest BCUT2D eigenvalue weighted by atomic mass is 9.81. The van der Waals surface area contributed by atoms with Crippen LogP contribution in [0.1, 0.15) is 40.5 Å². The molecule has 1 saturated heterocycles. The quantitative estimate of drug-likeness (QED) is 0.737. The van der Waals surface area contributed by atoms with Gasteiger partial charge in [0.05, 0.1) is 0 Å². The van der Waals surface area contributed by atoms with Gasteiger partial charge in [-0.05, 0) is 5.41 Å². The predicted octanol–water partition coefficient (Wildman–Crippen LogP) is 1.18. The summed E-state index contributed by atoms with van der Waals surface area (Å²) in [5.74, 6) is -0.245. The van der Waals surface area contributed by atoms with Crippen LogP contribution in [0.25, 0.3) is 0 Å². The summed E-state index contributed by atoms with van der Waals surface area (Å²) in [4.78, 5) is 25.0. The number of aliphatic hydroxyl groups is 1. The number of hydrogen-bond donors (Lipinski definition) is 1. The molecule has 1 aliphatic rings. The molecule has 4 nitrogen and oxygen atoms in total. The van der Waals surface area contributed by atoms with Gasteiger partial charge in [-0.1, -0.05) is 27.7 Å². The van der Waals surface area contributed by atoms with Gasteiger partial charge in [-0.15, -0.1) is 0 Å². The minimum absolute atomic E-state index is 0.0343. The Morgan fingerprint density at radius 2 is 1.69 bits per heavy atom. The van der Waals surface area contributed by atoms with Gasteiger partial charge in [-0.2, -0.15) is 0 Å². The largest absolute Gasteiger partial charge is 0.396 e. The fraction of sp³-hybridized carbons (Fsp3) is 0.833. The summed E-state index contributed by atoms with van der Waals surface area (Å²) in [7, 11) is 0. The number of piperidine rings is 1. The predicted molar refractivity (Wildman–Crippen MR) is 60.6 cm³/mol. The molecule has 0 saturated carbocycles. The molecule has 1 rings (SSSR count). The molecular weight excluding hydrogens is 206 g/mol. The number of aliphatic hydroxyl groups excluding tert-OH is 1. The molecule has 0 aliphatic carbocycles. The fourth-order valence-corrected chi connectivity index (χ4v) is 1.87. The summed E-state index contributed by atoms with van der Waals surface area (Å²) in [5.41, 5.74) is -0.652. The molecule has 1 heterocycles. The minimum atomic E-state index is -0.424. The Hall–Kier alpha value is -0.900. The second kappa shape index (κ2) is 4.17. The Morgan fingerprint density at radius 3 is 2.06 bits per heavy atom. The molecule has 1 aliphatic heterocycles. The minimum Gasteiger partial charge on any atom is -0.396 e. The van der Waals surface area contributed by atoms with E-state index in [-0.39, 0.29) is 23.8 Å². The summed E-state index contributed by atoms with van der Waals surface area (Å²) in [6.07, 6.45) is 0.806. The molecule has 16 heavy (non-hydrogen) atoms. The van der Waals surface area contributed by atoms with Crippen LogP contribution in [0, 0.1) is 10.8 Å². The maximum atomic E-state index is 11.8. The van der Waals surface area contributed by atoms with Crippen LogP contribution >= 0.6 is 0 Å². The van der Waals surface area contributed by atoms with Gasteiger partial charge in [0.2, 0.25) is 11.8 Å². The Balaban J connectivity index is 2.76. The van der Waals surface area contributed by atoms with E-state index in [9.17, 15) is 9.59 Å². The molecular formula is C12H21NO3. The van der Waals surface area contributed by atoms with E-state index in [0.29, 0.717) is 19.4 Å². The van der Waals surface area contributed by atoms with Crippen LogP contribution in [-0.2, 0) is 9.59 Å². The second-order valence-electron chi connectivity index (χ2n) is 6.21. The normalized spacial score (nSPS) is 21.4. The number of hydrogen-bond acceptors (Lipinski definition) is 3. The molecule has 0 aromatic heterocycles. The van der Waals surface area contributed by atoms with Crippen LogP contribution in [0.5, 0.6) is 0 Å². The molecule has 0 bridgehead atoms. The highest BCUT2D eigenvalue weighted by Crippen LogP contribution is 2.32. The SMILES string of the molecule is CC1(C)CC(=O)N(CC(C)(C)CO)C(=O)C1. The van der Waals surface area contributed by atoms with E-state index in [1.807, 2.05) is 27.7 Å². The highest BCUT2D eigenvalue weighted by molar-refractivity contribution is 5.98. The molecule has 2 amide bonds. The smallest absolute Gasteiger partial charge is 0.229 e. The number of carbonyl (C=O) groups is 2. The van der Waals surface area contributed by atoms with Crippen molar-refractivity contribution in [3.05, 3.63) is 0 Å². The zero-order valence-electron chi connectivity index (χ0n) is 10.5. The Kier molecular flexibility index (Phi) is 3.43. The maximum Gasteiger partial charge on any atom is 0.229 e. The Labute approximate surface area is 96.6 Å². The summed E-state index contributed by atoms with van der Waals surface area (Å²) >= 11 is 0. The molecule has 0 unspecified atom stereocenters. The zero-order chi connectivity index (χ0) is 12.6. The van der Waals surface area contributed by atoms with E-state index in [2.05, 4.69) is 0 Å². The van der Waals surface area contributed by atoms with E-state index in [1.165, 1.54) is 4.90 Å². The van der Waals surface area contributed by atoms with Crippen molar-refractivity contribution in [3.63, 3.8) is 0 Å². The van der Waals surface area contributed by atoms with Gasteiger partial charge in [0.25, 0.3) is 0 Å². The van der Waals surface area contributed by atoms with Crippen LogP contribution in [-0.4, -0.2) is 35.0 Å². The molecule has 1 N–H and O–H groups in total. The molecule has 0 atom stereocenters. The van der Waals surface area contributed by atoms with Gasteiger partial charge in [-0.3, -0.25) is 14.5 Å². The molecule has 0 spiro atoms.